The van der Waals surface area contributed by atoms with Gasteiger partial charge in [0.15, 0.2) is 6.67 Å². The summed E-state index contributed by atoms with van der Waals surface area (Å²) in [7, 11) is 3.19. The Labute approximate surface area is 169 Å². The summed E-state index contributed by atoms with van der Waals surface area (Å²) in [5.41, 5.74) is 0.733. The minimum Gasteiger partial charge on any atom is -0.497 e. The number of hydrogen-bond donors (Lipinski definition) is 1. The van der Waals surface area contributed by atoms with Gasteiger partial charge in [-0.05, 0) is 31.3 Å². The molecule has 1 fully saturated rings. The van der Waals surface area contributed by atoms with Crippen molar-refractivity contribution in [3.63, 3.8) is 0 Å². The van der Waals surface area contributed by atoms with E-state index >= 15 is 0 Å². The standard InChI is InChI=1S/C19H25N3O5S/c1-4-26-18(23)13-5-7-21(8-6-13)12-22-19(28)27-17(20-22)14-9-15(24-2)11-16(10-14)25-3/h9-11,13H,4-8,12H2,1-3H3/p+1. The highest BCUT2D eigenvalue weighted by atomic mass is 32.1. The fourth-order valence-corrected chi connectivity index (χ4v) is 3.53. The first-order valence-electron chi connectivity index (χ1n) is 9.35. The fourth-order valence-electron chi connectivity index (χ4n) is 3.35. The number of hydrogen-bond acceptors (Lipinski definition) is 7. The van der Waals surface area contributed by atoms with E-state index in [1.807, 2.05) is 19.1 Å². The van der Waals surface area contributed by atoms with Gasteiger partial charge >= 0.3 is 5.97 Å². The van der Waals surface area contributed by atoms with Gasteiger partial charge in [-0.2, -0.15) is 4.68 Å². The maximum Gasteiger partial charge on any atom is 0.309 e. The number of carbonyl (C=O) groups excluding carboxylic acids is 1. The minimum atomic E-state index is -0.0890. The number of benzene rings is 1. The van der Waals surface area contributed by atoms with Crippen molar-refractivity contribution < 1.29 is 28.3 Å². The van der Waals surface area contributed by atoms with Crippen LogP contribution in [0.25, 0.3) is 11.5 Å². The Hall–Kier alpha value is -2.39. The molecule has 1 aromatic heterocycles. The number of esters is 1. The Morgan fingerprint density at radius 3 is 2.46 bits per heavy atom. The lowest BCUT2D eigenvalue weighted by molar-refractivity contribution is -0.929. The number of aromatic nitrogens is 2. The van der Waals surface area contributed by atoms with Crippen molar-refractivity contribution in [2.75, 3.05) is 33.9 Å². The van der Waals surface area contributed by atoms with E-state index in [1.54, 1.807) is 25.0 Å². The van der Waals surface area contributed by atoms with Gasteiger partial charge in [-0.3, -0.25) is 4.79 Å². The van der Waals surface area contributed by atoms with Gasteiger partial charge in [-0.15, -0.1) is 5.10 Å². The Balaban J connectivity index is 1.69. The van der Waals surface area contributed by atoms with Crippen LogP contribution in [0.1, 0.15) is 19.8 Å². The highest BCUT2D eigenvalue weighted by Gasteiger charge is 2.29. The summed E-state index contributed by atoms with van der Waals surface area (Å²) in [5.74, 6) is 1.62. The van der Waals surface area contributed by atoms with Crippen LogP contribution in [0.15, 0.2) is 22.6 Å². The lowest BCUT2D eigenvalue weighted by Gasteiger charge is -2.27. The van der Waals surface area contributed by atoms with Crippen LogP contribution >= 0.6 is 12.2 Å². The smallest absolute Gasteiger partial charge is 0.309 e. The van der Waals surface area contributed by atoms with Crippen LogP contribution in [0, 0.1) is 10.8 Å². The largest absolute Gasteiger partial charge is 0.497 e. The molecule has 0 saturated carbocycles. The molecule has 8 nitrogen and oxygen atoms in total. The number of nitrogens with one attached hydrogen (secondary N) is 1. The first-order chi connectivity index (χ1) is 13.5. The molecule has 3 rings (SSSR count). The predicted molar refractivity (Wildman–Crippen MR) is 104 cm³/mol. The van der Waals surface area contributed by atoms with E-state index < -0.39 is 0 Å². The van der Waals surface area contributed by atoms with Gasteiger partial charge in [0, 0.05) is 24.5 Å². The van der Waals surface area contributed by atoms with E-state index in [-0.39, 0.29) is 11.9 Å². The molecule has 152 valence electrons. The lowest BCUT2D eigenvalue weighted by Crippen LogP contribution is -3.12. The lowest BCUT2D eigenvalue weighted by atomic mass is 9.97. The van der Waals surface area contributed by atoms with Crippen molar-refractivity contribution in [2.45, 2.75) is 26.4 Å². The molecule has 1 aromatic carbocycles. The third-order valence-electron chi connectivity index (χ3n) is 4.89. The maximum atomic E-state index is 11.9. The summed E-state index contributed by atoms with van der Waals surface area (Å²) in [4.78, 5) is 13.5. The van der Waals surface area contributed by atoms with Crippen LogP contribution in [0.5, 0.6) is 11.5 Å². The molecule has 0 bridgehead atoms. The van der Waals surface area contributed by atoms with Crippen LogP contribution in [-0.4, -0.2) is 49.7 Å². The number of methoxy groups -OCH3 is 2. The Morgan fingerprint density at radius 1 is 1.25 bits per heavy atom. The number of nitrogens with zero attached hydrogens (tertiary/aromatic N) is 2. The van der Waals surface area contributed by atoms with Crippen molar-refractivity contribution in [3.8, 4) is 23.0 Å². The first-order valence-corrected chi connectivity index (χ1v) is 9.76. The summed E-state index contributed by atoms with van der Waals surface area (Å²) in [6.45, 7) is 4.58. The van der Waals surface area contributed by atoms with Gasteiger partial charge in [0.1, 0.15) is 11.5 Å². The molecular weight excluding hydrogens is 382 g/mol. The normalized spacial score (nSPS) is 19.2. The van der Waals surface area contributed by atoms with E-state index in [2.05, 4.69) is 5.10 Å². The molecule has 0 amide bonds. The monoisotopic (exact) mass is 408 g/mol. The van der Waals surface area contributed by atoms with Crippen LogP contribution in [0.4, 0.5) is 0 Å². The highest BCUT2D eigenvalue weighted by Crippen LogP contribution is 2.28. The van der Waals surface area contributed by atoms with Crippen LogP contribution in [0.2, 0.25) is 0 Å². The Morgan fingerprint density at radius 2 is 1.89 bits per heavy atom. The highest BCUT2D eigenvalue weighted by molar-refractivity contribution is 7.71. The van der Waals surface area contributed by atoms with Crippen molar-refractivity contribution in [3.05, 3.63) is 23.0 Å². The molecule has 0 spiro atoms. The van der Waals surface area contributed by atoms with Gasteiger partial charge in [-0.25, -0.2) is 0 Å². The van der Waals surface area contributed by atoms with Crippen molar-refractivity contribution >= 4 is 18.2 Å². The predicted octanol–water partition coefficient (Wildman–Crippen LogP) is 1.71. The third-order valence-corrected chi connectivity index (χ3v) is 5.18. The quantitative estimate of drug-likeness (QED) is 0.552. The zero-order valence-electron chi connectivity index (χ0n) is 16.4. The summed E-state index contributed by atoms with van der Waals surface area (Å²) in [5, 5.41) is 4.53. The molecule has 9 heteroatoms. The second kappa shape index (κ2) is 9.20. The van der Waals surface area contributed by atoms with Crippen LogP contribution in [0.3, 0.4) is 0 Å². The fraction of sp³-hybridized carbons (Fsp3) is 0.526. The number of rotatable bonds is 7. The molecule has 0 radical (unpaired) electrons. The average molecular weight is 409 g/mol. The minimum absolute atomic E-state index is 0.00575. The second-order valence-electron chi connectivity index (χ2n) is 6.71. The number of likely N-dealkylation sites (tertiary alicyclic amines) is 1. The number of piperidine rings is 1. The summed E-state index contributed by atoms with van der Waals surface area (Å²) < 4.78 is 23.1. The summed E-state index contributed by atoms with van der Waals surface area (Å²) in [6.07, 6.45) is 1.61. The molecule has 28 heavy (non-hydrogen) atoms. The van der Waals surface area contributed by atoms with Gasteiger partial charge < -0.3 is 23.5 Å². The molecule has 1 N–H and O–H groups in total. The van der Waals surface area contributed by atoms with Crippen LogP contribution < -0.4 is 14.4 Å². The molecule has 2 aromatic rings. The third kappa shape index (κ3) is 4.71. The summed E-state index contributed by atoms with van der Waals surface area (Å²) >= 11 is 5.35. The van der Waals surface area contributed by atoms with E-state index in [9.17, 15) is 4.79 Å². The molecule has 0 unspecified atom stereocenters. The Bertz CT molecular complexity index is 848. The molecule has 0 aliphatic carbocycles. The molecule has 1 aliphatic heterocycles. The van der Waals surface area contributed by atoms with E-state index in [0.29, 0.717) is 35.5 Å². The molecular formula is C19H26N3O5S+. The number of ether oxygens (including phenoxy) is 3. The van der Waals surface area contributed by atoms with Crippen molar-refractivity contribution in [2.24, 2.45) is 5.92 Å². The zero-order valence-corrected chi connectivity index (χ0v) is 17.2. The zero-order chi connectivity index (χ0) is 20.1. The number of quaternary nitrogens is 1. The van der Waals surface area contributed by atoms with Gasteiger partial charge in [0.05, 0.1) is 39.8 Å². The first kappa shape index (κ1) is 20.3. The second-order valence-corrected chi connectivity index (χ2v) is 7.06. The molecule has 0 atom stereocenters. The topological polar surface area (TPSA) is 80.2 Å². The molecule has 1 aliphatic rings. The van der Waals surface area contributed by atoms with E-state index in [1.165, 1.54) is 4.90 Å². The Kier molecular flexibility index (Phi) is 6.69. The summed E-state index contributed by atoms with van der Waals surface area (Å²) in [6, 6.07) is 5.43. The average Bonchev–Trinajstić information content (AvgIpc) is 3.08. The van der Waals surface area contributed by atoms with E-state index in [0.717, 1.165) is 31.5 Å². The van der Waals surface area contributed by atoms with Crippen molar-refractivity contribution in [1.29, 1.82) is 0 Å². The van der Waals surface area contributed by atoms with Crippen LogP contribution in [-0.2, 0) is 16.2 Å². The van der Waals surface area contributed by atoms with Gasteiger partial charge in [0.2, 0.25) is 5.89 Å². The number of carbonyl (C=O) groups is 1. The van der Waals surface area contributed by atoms with E-state index in [4.69, 9.17) is 30.8 Å². The SMILES string of the molecule is CCOC(=O)C1CC[NH+](Cn2nc(-c3cc(OC)cc(OC)c3)oc2=S)CC1. The van der Waals surface area contributed by atoms with Gasteiger partial charge in [0.25, 0.3) is 4.84 Å². The molecule has 2 heterocycles. The molecule has 1 saturated heterocycles. The maximum absolute atomic E-state index is 11.9. The van der Waals surface area contributed by atoms with Gasteiger partial charge in [-0.1, -0.05) is 0 Å². The van der Waals surface area contributed by atoms with Crippen molar-refractivity contribution in [1.82, 2.24) is 9.78 Å².